The van der Waals surface area contributed by atoms with Crippen molar-refractivity contribution >= 4 is 39.4 Å². The van der Waals surface area contributed by atoms with Gasteiger partial charge >= 0.3 is 11.9 Å². The molecular weight excluding hydrogens is 1120 g/mol. The van der Waals surface area contributed by atoms with Crippen molar-refractivity contribution in [2.45, 2.75) is 158 Å². The number of carbonyl (C=O) groups is 3. The smallest absolute Gasteiger partial charge is 0.306 e. The second kappa shape index (κ2) is 34.3. The molecule has 466 valence electrons. The molecule has 5 fully saturated rings. The Bertz CT molecular complexity index is 2690. The zero-order chi connectivity index (χ0) is 59.9. The fraction of sp³-hybridized carbons (Fsp3) is 0.606. The molecule has 0 bridgehead atoms. The molecule has 9 rings (SSSR count). The van der Waals surface area contributed by atoms with E-state index >= 15 is 0 Å². The number of pyridine rings is 1. The van der Waals surface area contributed by atoms with Gasteiger partial charge < -0.3 is 47.5 Å². The molecule has 19 heteroatoms. The molecule has 1 aromatic heterocycles. The number of esters is 2. The van der Waals surface area contributed by atoms with E-state index in [-0.39, 0.29) is 55.1 Å². The van der Waals surface area contributed by atoms with Crippen LogP contribution in [0.3, 0.4) is 0 Å². The Morgan fingerprint density at radius 2 is 1.09 bits per heavy atom. The zero-order valence-electron chi connectivity index (χ0n) is 51.4. The number of aromatic nitrogens is 1. The summed E-state index contributed by atoms with van der Waals surface area (Å²) in [5.41, 5.74) is 5.65. The van der Waals surface area contributed by atoms with Crippen LogP contribution in [-0.2, 0) is 52.7 Å². The second-order valence-corrected chi connectivity index (χ2v) is 25.3. The van der Waals surface area contributed by atoms with Crippen LogP contribution in [0.25, 0.3) is 0 Å². The third kappa shape index (κ3) is 19.9. The fourth-order valence-electron chi connectivity index (χ4n) is 12.5. The highest BCUT2D eigenvalue weighted by molar-refractivity contribution is 8.76. The average molecular weight is 1210 g/mol. The van der Waals surface area contributed by atoms with Crippen LogP contribution in [0.4, 0.5) is 0 Å². The standard InChI is InChI=1S/C38H55N3O8.C28H38N2O4S2/c1-27-34(45-3)23-29(24-35(27)46-4)25-39-17-19-40(20-18-39)37(42)12-13-38(43)49-30-14-16-41(26-30)31-8-6-7-9-32(31)48-21-15-28-10-11-33(44-2)36(22-28)47-5;1-21-10-11-22(19-26(21)32-2)13-17-33-25-8-4-3-7-24(25)30-16-12-23(20-30)34-28(31)14-18-35-36-27-9-5-6-15-29-27/h10-11,22-24,30-32H,6-9,12-21,25-26H2,1-5H3;5-6,9-11,15,19,23-25H,3-4,7-8,12-14,16-18,20H2,1-2H3/t30-,31-,32-;23-,24-,25-/m11/s1. The number of nitrogens with zero attached hydrogens (tertiary/aromatic N) is 5. The van der Waals surface area contributed by atoms with E-state index in [9.17, 15) is 14.4 Å². The molecule has 6 atom stereocenters. The van der Waals surface area contributed by atoms with Gasteiger partial charge in [0.2, 0.25) is 5.91 Å². The van der Waals surface area contributed by atoms with Gasteiger partial charge in [0.15, 0.2) is 11.5 Å². The number of hydrogen-bond acceptors (Lipinski definition) is 18. The van der Waals surface area contributed by atoms with Crippen molar-refractivity contribution in [1.82, 2.24) is 24.6 Å². The van der Waals surface area contributed by atoms with E-state index in [0.29, 0.717) is 44.8 Å². The summed E-state index contributed by atoms with van der Waals surface area (Å²) in [4.78, 5) is 51.6. The van der Waals surface area contributed by atoms with E-state index in [1.165, 1.54) is 31.2 Å². The van der Waals surface area contributed by atoms with Crippen molar-refractivity contribution in [3.63, 3.8) is 0 Å². The summed E-state index contributed by atoms with van der Waals surface area (Å²) >= 11 is 0. The first kappa shape index (κ1) is 65.7. The highest BCUT2D eigenvalue weighted by Gasteiger charge is 2.38. The lowest BCUT2D eigenvalue weighted by atomic mass is 9.91. The molecule has 0 unspecified atom stereocenters. The van der Waals surface area contributed by atoms with Crippen LogP contribution < -0.4 is 23.7 Å². The predicted molar refractivity (Wildman–Crippen MR) is 333 cm³/mol. The number of hydrogen-bond donors (Lipinski definition) is 0. The number of benzene rings is 3. The van der Waals surface area contributed by atoms with Gasteiger partial charge in [-0.2, -0.15) is 0 Å². The molecule has 4 aromatic rings. The van der Waals surface area contributed by atoms with Crippen molar-refractivity contribution in [3.05, 3.63) is 101 Å². The van der Waals surface area contributed by atoms with E-state index in [4.69, 9.17) is 42.6 Å². The number of amides is 1. The Hall–Kier alpha value is -5.28. The minimum Gasteiger partial charge on any atom is -0.496 e. The van der Waals surface area contributed by atoms with Gasteiger partial charge in [-0.25, -0.2) is 4.98 Å². The van der Waals surface area contributed by atoms with Crippen molar-refractivity contribution in [1.29, 1.82) is 0 Å². The molecule has 0 spiro atoms. The third-order valence-electron chi connectivity index (χ3n) is 17.2. The number of aryl methyl sites for hydroxylation is 1. The van der Waals surface area contributed by atoms with E-state index < -0.39 is 0 Å². The summed E-state index contributed by atoms with van der Waals surface area (Å²) in [6, 6.07) is 23.1. The summed E-state index contributed by atoms with van der Waals surface area (Å²) in [7, 11) is 11.6. The molecular formula is C66H93N5O12S2. The van der Waals surface area contributed by atoms with Crippen LogP contribution in [0.5, 0.6) is 28.7 Å². The summed E-state index contributed by atoms with van der Waals surface area (Å²) in [5, 5.41) is 0.963. The fourth-order valence-corrected chi connectivity index (χ4v) is 14.4. The maximum absolute atomic E-state index is 13.0. The lowest BCUT2D eigenvalue weighted by Crippen LogP contribution is -2.48. The van der Waals surface area contributed by atoms with Gasteiger partial charge in [-0.1, -0.05) is 60.7 Å². The number of carbonyl (C=O) groups excluding carboxylic acids is 3. The number of piperazine rings is 1. The first-order valence-corrected chi connectivity index (χ1v) is 33.1. The summed E-state index contributed by atoms with van der Waals surface area (Å²) < 4.78 is 51.9. The summed E-state index contributed by atoms with van der Waals surface area (Å²) in [6.07, 6.45) is 15.4. The molecule has 85 heavy (non-hydrogen) atoms. The largest absolute Gasteiger partial charge is 0.496 e. The van der Waals surface area contributed by atoms with Crippen LogP contribution in [0.2, 0.25) is 0 Å². The van der Waals surface area contributed by atoms with Crippen LogP contribution in [-0.4, -0.2) is 186 Å². The molecule has 0 N–H and O–H groups in total. The van der Waals surface area contributed by atoms with Crippen LogP contribution in [0.1, 0.15) is 111 Å². The maximum Gasteiger partial charge on any atom is 0.306 e. The molecule has 2 saturated carbocycles. The van der Waals surface area contributed by atoms with Crippen molar-refractivity contribution in [2.75, 3.05) is 107 Å². The van der Waals surface area contributed by atoms with Gasteiger partial charge in [-0.3, -0.25) is 29.1 Å². The van der Waals surface area contributed by atoms with E-state index in [2.05, 4.69) is 63.0 Å². The third-order valence-corrected chi connectivity index (χ3v) is 19.5. The van der Waals surface area contributed by atoms with E-state index in [1.807, 2.05) is 42.2 Å². The predicted octanol–water partition coefficient (Wildman–Crippen LogP) is 10.4. The Kier molecular flexibility index (Phi) is 26.5. The van der Waals surface area contributed by atoms with Crippen LogP contribution in [0, 0.1) is 13.8 Å². The molecule has 3 aromatic carbocycles. The monoisotopic (exact) mass is 1210 g/mol. The summed E-state index contributed by atoms with van der Waals surface area (Å²) in [6.45, 7) is 12.4. The normalized spacial score (nSPS) is 22.0. The molecule has 1 amide bonds. The molecule has 4 heterocycles. The average Bonchev–Trinajstić information content (AvgIpc) is 4.20. The Labute approximate surface area is 513 Å². The Balaban J connectivity index is 0.000000232. The number of methoxy groups -OCH3 is 5. The van der Waals surface area contributed by atoms with Gasteiger partial charge in [-0.05, 0) is 141 Å². The zero-order valence-corrected chi connectivity index (χ0v) is 53.1. The first-order chi connectivity index (χ1) is 41.4. The van der Waals surface area contributed by atoms with Gasteiger partial charge in [0.25, 0.3) is 0 Å². The van der Waals surface area contributed by atoms with Crippen LogP contribution in [0.15, 0.2) is 78.0 Å². The van der Waals surface area contributed by atoms with Gasteiger partial charge in [0.1, 0.15) is 34.5 Å². The van der Waals surface area contributed by atoms with Crippen molar-refractivity contribution in [3.8, 4) is 28.7 Å². The molecule has 17 nitrogen and oxygen atoms in total. The maximum atomic E-state index is 13.0. The summed E-state index contributed by atoms with van der Waals surface area (Å²) in [5.74, 6) is 4.37. The van der Waals surface area contributed by atoms with Crippen molar-refractivity contribution < 1.29 is 57.0 Å². The molecule has 3 aliphatic heterocycles. The topological polar surface area (TPSA) is 160 Å². The van der Waals surface area contributed by atoms with Crippen LogP contribution >= 0.6 is 21.6 Å². The molecule has 3 saturated heterocycles. The van der Waals surface area contributed by atoms with Gasteiger partial charge in [0.05, 0.1) is 73.8 Å². The van der Waals surface area contributed by atoms with Gasteiger partial charge in [0, 0.05) is 94.9 Å². The lowest BCUT2D eigenvalue weighted by molar-refractivity contribution is -0.151. The quantitative estimate of drug-likeness (QED) is 0.0315. The number of rotatable bonds is 27. The lowest BCUT2D eigenvalue weighted by Gasteiger charge is -2.37. The minimum absolute atomic E-state index is 0.00598. The number of ether oxygens (including phenoxy) is 9. The van der Waals surface area contributed by atoms with Gasteiger partial charge in [-0.15, -0.1) is 0 Å². The molecule has 0 radical (unpaired) electrons. The highest BCUT2D eigenvalue weighted by atomic mass is 33.1. The minimum atomic E-state index is -0.285. The first-order valence-electron chi connectivity index (χ1n) is 30.8. The second-order valence-electron chi connectivity index (χ2n) is 22.9. The number of likely N-dealkylation sites (tertiary alicyclic amines) is 2. The SMILES string of the molecule is COc1cc(CCO[C@@H]2CCCC[C@H]2N2CC[C@@H](OC(=O)CCSSc3ccccn3)C2)ccc1C.COc1ccc(CCO[C@@H]2CCCC[C@H]2N2CC[C@@H](OC(=O)CCC(=O)N3CCN(Cc4cc(OC)c(C)c(OC)c4)CC3)C2)cc1OC. The molecule has 2 aliphatic carbocycles. The van der Waals surface area contributed by atoms with E-state index in [1.54, 1.807) is 63.3 Å². The Morgan fingerprint density at radius 1 is 0.553 bits per heavy atom. The Morgan fingerprint density at radius 3 is 1.66 bits per heavy atom. The van der Waals surface area contributed by atoms with E-state index in [0.717, 1.165) is 159 Å². The highest BCUT2D eigenvalue weighted by Crippen LogP contribution is 2.35. The molecule has 5 aliphatic rings. The van der Waals surface area contributed by atoms with Crippen molar-refractivity contribution in [2.24, 2.45) is 0 Å².